The van der Waals surface area contributed by atoms with Crippen LogP contribution in [0.5, 0.6) is 5.75 Å². The number of fused-ring (bicyclic) bond motifs is 1. The zero-order valence-electron chi connectivity index (χ0n) is 12.7. The molecular formula is C17H13Cl2N3O2. The van der Waals surface area contributed by atoms with Gasteiger partial charge in [0, 0.05) is 16.1 Å². The number of hydrogen-bond donors (Lipinski definition) is 1. The number of ether oxygens (including phenoxy) is 1. The molecule has 1 amide bonds. The molecule has 0 saturated carbocycles. The van der Waals surface area contributed by atoms with Crippen LogP contribution in [-0.2, 0) is 4.79 Å². The Morgan fingerprint density at radius 2 is 2.04 bits per heavy atom. The highest BCUT2D eigenvalue weighted by Gasteiger charge is 2.28. The maximum absolute atomic E-state index is 12.1. The SMILES string of the molecule is CCOc1ccccc1/C=N\N=C1/C(=O)Nc2c(Cl)cc(Cl)cc21. The highest BCUT2D eigenvalue weighted by Crippen LogP contribution is 2.34. The lowest BCUT2D eigenvalue weighted by Crippen LogP contribution is -2.13. The molecule has 1 aliphatic rings. The van der Waals surface area contributed by atoms with Crippen LogP contribution in [-0.4, -0.2) is 24.4 Å². The van der Waals surface area contributed by atoms with Gasteiger partial charge in [-0.15, -0.1) is 5.10 Å². The van der Waals surface area contributed by atoms with Crippen molar-refractivity contribution < 1.29 is 9.53 Å². The summed E-state index contributed by atoms with van der Waals surface area (Å²) >= 11 is 12.1. The standard InChI is InChI=1S/C17H13Cl2N3O2/c1-2-24-14-6-4-3-5-10(14)9-20-22-16-12-7-11(18)8-13(19)15(12)21-17(16)23/h3-9H,2H2,1H3,(H,21,22,23)/b20-9-. The molecule has 0 unspecified atom stereocenters. The number of nitrogens with zero attached hydrogens (tertiary/aromatic N) is 2. The summed E-state index contributed by atoms with van der Waals surface area (Å²) in [5, 5.41) is 11.5. The molecule has 2 aromatic rings. The molecule has 0 saturated heterocycles. The predicted molar refractivity (Wildman–Crippen MR) is 96.8 cm³/mol. The molecular weight excluding hydrogens is 349 g/mol. The van der Waals surface area contributed by atoms with E-state index >= 15 is 0 Å². The Balaban J connectivity index is 1.93. The molecule has 3 rings (SSSR count). The fourth-order valence-corrected chi connectivity index (χ4v) is 2.85. The van der Waals surface area contributed by atoms with E-state index < -0.39 is 0 Å². The van der Waals surface area contributed by atoms with Crippen molar-refractivity contribution in [3.8, 4) is 5.75 Å². The molecule has 5 nitrogen and oxygen atoms in total. The van der Waals surface area contributed by atoms with Gasteiger partial charge in [-0.05, 0) is 31.2 Å². The Labute approximate surface area is 148 Å². The lowest BCUT2D eigenvalue weighted by Gasteiger charge is -2.05. The summed E-state index contributed by atoms with van der Waals surface area (Å²) in [4.78, 5) is 12.1. The van der Waals surface area contributed by atoms with Crippen LogP contribution >= 0.6 is 23.2 Å². The number of carbonyl (C=O) groups is 1. The Bertz CT molecular complexity index is 863. The van der Waals surface area contributed by atoms with Gasteiger partial charge in [0.25, 0.3) is 5.91 Å². The normalized spacial score (nSPS) is 15.0. The summed E-state index contributed by atoms with van der Waals surface area (Å²) in [6.07, 6.45) is 1.54. The monoisotopic (exact) mass is 361 g/mol. The molecule has 122 valence electrons. The molecule has 0 aliphatic carbocycles. The predicted octanol–water partition coefficient (Wildman–Crippen LogP) is 4.17. The number of hydrogen-bond acceptors (Lipinski definition) is 4. The van der Waals surface area contributed by atoms with Gasteiger partial charge < -0.3 is 10.1 Å². The average Bonchev–Trinajstić information content (AvgIpc) is 2.86. The molecule has 0 atom stereocenters. The second-order valence-corrected chi connectivity index (χ2v) is 5.77. The van der Waals surface area contributed by atoms with E-state index in [1.807, 2.05) is 31.2 Å². The number of carbonyl (C=O) groups excluding carboxylic acids is 1. The number of benzene rings is 2. The molecule has 24 heavy (non-hydrogen) atoms. The van der Waals surface area contributed by atoms with E-state index in [9.17, 15) is 4.79 Å². The van der Waals surface area contributed by atoms with Gasteiger partial charge in [0.05, 0.1) is 23.5 Å². The minimum absolute atomic E-state index is 0.166. The Hall–Kier alpha value is -2.37. The number of para-hydroxylation sites is 1. The third-order valence-electron chi connectivity index (χ3n) is 3.34. The molecule has 1 aliphatic heterocycles. The fraction of sp³-hybridized carbons (Fsp3) is 0.118. The molecule has 0 spiro atoms. The summed E-state index contributed by atoms with van der Waals surface area (Å²) in [7, 11) is 0. The van der Waals surface area contributed by atoms with Crippen LogP contribution in [0.1, 0.15) is 18.1 Å². The van der Waals surface area contributed by atoms with Crippen LogP contribution < -0.4 is 10.1 Å². The van der Waals surface area contributed by atoms with E-state index in [1.165, 1.54) is 6.21 Å². The molecule has 0 aromatic heterocycles. The van der Waals surface area contributed by atoms with Gasteiger partial charge >= 0.3 is 0 Å². The van der Waals surface area contributed by atoms with Crippen molar-refractivity contribution in [1.82, 2.24) is 0 Å². The summed E-state index contributed by atoms with van der Waals surface area (Å²) in [6.45, 7) is 2.45. The van der Waals surface area contributed by atoms with Crippen molar-refractivity contribution in [1.29, 1.82) is 0 Å². The van der Waals surface area contributed by atoms with Crippen LogP contribution in [0.4, 0.5) is 5.69 Å². The van der Waals surface area contributed by atoms with Crippen molar-refractivity contribution in [2.75, 3.05) is 11.9 Å². The fourth-order valence-electron chi connectivity index (χ4n) is 2.30. The lowest BCUT2D eigenvalue weighted by molar-refractivity contribution is -0.110. The summed E-state index contributed by atoms with van der Waals surface area (Å²) in [6, 6.07) is 10.6. The van der Waals surface area contributed by atoms with Crippen LogP contribution in [0.3, 0.4) is 0 Å². The number of amides is 1. The Morgan fingerprint density at radius 3 is 2.83 bits per heavy atom. The Kier molecular flexibility index (Phi) is 4.83. The van der Waals surface area contributed by atoms with Crippen LogP contribution in [0.25, 0.3) is 0 Å². The number of anilines is 1. The van der Waals surface area contributed by atoms with E-state index in [-0.39, 0.29) is 11.6 Å². The summed E-state index contributed by atoms with van der Waals surface area (Å²) < 4.78 is 5.51. The molecule has 1 heterocycles. The van der Waals surface area contributed by atoms with E-state index in [0.717, 1.165) is 5.56 Å². The minimum atomic E-state index is -0.371. The third-order valence-corrected chi connectivity index (χ3v) is 3.85. The molecule has 2 aromatic carbocycles. The highest BCUT2D eigenvalue weighted by molar-refractivity contribution is 6.56. The second-order valence-electron chi connectivity index (χ2n) is 4.93. The molecule has 0 bridgehead atoms. The molecule has 0 radical (unpaired) electrons. The first-order chi connectivity index (χ1) is 11.6. The van der Waals surface area contributed by atoms with Gasteiger partial charge in [-0.2, -0.15) is 5.10 Å². The molecule has 0 fully saturated rings. The lowest BCUT2D eigenvalue weighted by atomic mass is 10.1. The first-order valence-electron chi connectivity index (χ1n) is 7.23. The first-order valence-corrected chi connectivity index (χ1v) is 7.99. The van der Waals surface area contributed by atoms with Crippen molar-refractivity contribution in [2.45, 2.75) is 6.92 Å². The van der Waals surface area contributed by atoms with Gasteiger partial charge in [-0.3, -0.25) is 4.79 Å². The average molecular weight is 362 g/mol. The minimum Gasteiger partial charge on any atom is -0.493 e. The zero-order valence-corrected chi connectivity index (χ0v) is 14.2. The van der Waals surface area contributed by atoms with Crippen LogP contribution in [0.15, 0.2) is 46.6 Å². The Morgan fingerprint density at radius 1 is 1.25 bits per heavy atom. The third kappa shape index (κ3) is 3.27. The second kappa shape index (κ2) is 7.03. The van der Waals surface area contributed by atoms with Gasteiger partial charge in [0.2, 0.25) is 0 Å². The maximum atomic E-state index is 12.1. The maximum Gasteiger partial charge on any atom is 0.276 e. The van der Waals surface area contributed by atoms with Gasteiger partial charge in [-0.1, -0.05) is 35.3 Å². The zero-order chi connectivity index (χ0) is 17.1. The van der Waals surface area contributed by atoms with Gasteiger partial charge in [0.1, 0.15) is 5.75 Å². The summed E-state index contributed by atoms with van der Waals surface area (Å²) in [5.74, 6) is 0.329. The van der Waals surface area contributed by atoms with Crippen molar-refractivity contribution in [3.05, 3.63) is 57.6 Å². The van der Waals surface area contributed by atoms with Crippen molar-refractivity contribution >= 4 is 46.7 Å². The summed E-state index contributed by atoms with van der Waals surface area (Å²) in [5.41, 5.74) is 1.97. The van der Waals surface area contributed by atoms with Gasteiger partial charge in [0.15, 0.2) is 5.71 Å². The number of halogens is 2. The molecule has 1 N–H and O–H groups in total. The van der Waals surface area contributed by atoms with E-state index in [1.54, 1.807) is 12.1 Å². The van der Waals surface area contributed by atoms with E-state index in [4.69, 9.17) is 27.9 Å². The van der Waals surface area contributed by atoms with Crippen LogP contribution in [0.2, 0.25) is 10.0 Å². The highest BCUT2D eigenvalue weighted by atomic mass is 35.5. The quantitative estimate of drug-likeness (QED) is 0.656. The first kappa shape index (κ1) is 16.5. The van der Waals surface area contributed by atoms with Crippen molar-refractivity contribution in [3.63, 3.8) is 0 Å². The molecule has 7 heteroatoms. The topological polar surface area (TPSA) is 63.1 Å². The smallest absolute Gasteiger partial charge is 0.276 e. The van der Waals surface area contributed by atoms with Crippen molar-refractivity contribution in [2.24, 2.45) is 10.2 Å². The van der Waals surface area contributed by atoms with E-state index in [0.29, 0.717) is 33.7 Å². The number of rotatable bonds is 4. The van der Waals surface area contributed by atoms with E-state index in [2.05, 4.69) is 15.5 Å². The largest absolute Gasteiger partial charge is 0.493 e. The number of nitrogens with one attached hydrogen (secondary N) is 1. The van der Waals surface area contributed by atoms with Gasteiger partial charge in [-0.25, -0.2) is 0 Å². The van der Waals surface area contributed by atoms with Crippen LogP contribution in [0, 0.1) is 0 Å².